The van der Waals surface area contributed by atoms with Gasteiger partial charge in [0.25, 0.3) is 0 Å². The molecule has 0 bridgehead atoms. The summed E-state index contributed by atoms with van der Waals surface area (Å²) in [6.07, 6.45) is 6.78. The molecule has 0 aliphatic carbocycles. The first-order chi connectivity index (χ1) is 8.52. The zero-order valence-electron chi connectivity index (χ0n) is 12.1. The Balaban J connectivity index is 2.36. The zero-order valence-corrected chi connectivity index (χ0v) is 12.1. The lowest BCUT2D eigenvalue weighted by Crippen LogP contribution is -2.38. The van der Waals surface area contributed by atoms with E-state index in [1.807, 2.05) is 12.4 Å². The Kier molecular flexibility index (Phi) is 6.09. The number of hydrogen-bond acceptors (Lipinski definition) is 3. The van der Waals surface area contributed by atoms with Gasteiger partial charge in [-0.05, 0) is 26.4 Å². The molecule has 1 atom stereocenters. The van der Waals surface area contributed by atoms with Gasteiger partial charge in [-0.15, -0.1) is 0 Å². The molecule has 1 N–H and O–H groups in total. The minimum absolute atomic E-state index is 0.583. The fourth-order valence-corrected chi connectivity index (χ4v) is 1.97. The number of nitrogens with one attached hydrogen (secondary N) is 1. The van der Waals surface area contributed by atoms with Crippen LogP contribution in [-0.4, -0.2) is 41.4 Å². The summed E-state index contributed by atoms with van der Waals surface area (Å²) in [7, 11) is 4.29. The number of nitrogens with zero attached hydrogens (tertiary/aromatic N) is 3. The summed E-state index contributed by atoms with van der Waals surface area (Å²) in [5, 5.41) is 7.66. The Morgan fingerprint density at radius 2 is 2.22 bits per heavy atom. The highest BCUT2D eigenvalue weighted by Gasteiger charge is 2.12. The van der Waals surface area contributed by atoms with E-state index < -0.39 is 0 Å². The van der Waals surface area contributed by atoms with Crippen LogP contribution in [-0.2, 0) is 6.54 Å². The Bertz CT molecular complexity index is 354. The average molecular weight is 250 g/mol. The van der Waals surface area contributed by atoms with Crippen LogP contribution in [0.25, 0.3) is 6.20 Å². The maximum atomic E-state index is 4.16. The summed E-state index contributed by atoms with van der Waals surface area (Å²) >= 11 is 0. The minimum Gasteiger partial charge on any atom is -0.311 e. The van der Waals surface area contributed by atoms with E-state index in [0.29, 0.717) is 6.04 Å². The molecule has 0 radical (unpaired) electrons. The van der Waals surface area contributed by atoms with E-state index in [1.165, 1.54) is 12.0 Å². The van der Waals surface area contributed by atoms with E-state index in [9.17, 15) is 0 Å². The van der Waals surface area contributed by atoms with E-state index in [0.717, 1.165) is 19.0 Å². The molecule has 0 saturated heterocycles. The van der Waals surface area contributed by atoms with Crippen molar-refractivity contribution in [2.75, 3.05) is 20.6 Å². The Morgan fingerprint density at radius 3 is 2.72 bits per heavy atom. The lowest BCUT2D eigenvalue weighted by molar-refractivity contribution is 0.246. The largest absolute Gasteiger partial charge is 0.311 e. The quantitative estimate of drug-likeness (QED) is 0.766. The van der Waals surface area contributed by atoms with Crippen molar-refractivity contribution >= 4 is 6.20 Å². The maximum Gasteiger partial charge on any atom is 0.0538 e. The molecular formula is C14H26N4. The Labute approximate surface area is 111 Å². The van der Waals surface area contributed by atoms with Crippen LogP contribution in [0.5, 0.6) is 0 Å². The fraction of sp³-hybridized carbons (Fsp3) is 0.643. The van der Waals surface area contributed by atoms with E-state index in [-0.39, 0.29) is 0 Å². The van der Waals surface area contributed by atoms with Crippen molar-refractivity contribution in [3.8, 4) is 0 Å². The van der Waals surface area contributed by atoms with Gasteiger partial charge in [-0.2, -0.15) is 5.10 Å². The fourth-order valence-electron chi connectivity index (χ4n) is 1.97. The lowest BCUT2D eigenvalue weighted by atomic mass is 10.0. The van der Waals surface area contributed by atoms with Gasteiger partial charge in [0.2, 0.25) is 0 Å². The monoisotopic (exact) mass is 250 g/mol. The van der Waals surface area contributed by atoms with Crippen molar-refractivity contribution in [2.24, 2.45) is 5.92 Å². The lowest BCUT2D eigenvalue weighted by Gasteiger charge is -2.26. The molecule has 0 aliphatic heterocycles. The van der Waals surface area contributed by atoms with Gasteiger partial charge >= 0.3 is 0 Å². The molecule has 1 aromatic rings. The Hall–Kier alpha value is -1.13. The molecule has 1 aromatic heterocycles. The number of likely N-dealkylation sites (N-methyl/N-ethyl adjacent to an activating group) is 1. The van der Waals surface area contributed by atoms with Gasteiger partial charge in [-0.1, -0.05) is 20.4 Å². The van der Waals surface area contributed by atoms with Crippen LogP contribution in [0.4, 0.5) is 0 Å². The first-order valence-electron chi connectivity index (χ1n) is 6.55. The molecule has 0 aliphatic rings. The molecule has 0 saturated carbocycles. The molecule has 0 fully saturated rings. The van der Waals surface area contributed by atoms with Crippen molar-refractivity contribution in [3.63, 3.8) is 0 Å². The number of hydrogen-bond donors (Lipinski definition) is 1. The van der Waals surface area contributed by atoms with Crippen LogP contribution in [0.1, 0.15) is 25.8 Å². The third kappa shape index (κ3) is 5.02. The third-order valence-corrected chi connectivity index (χ3v) is 3.02. The molecule has 1 unspecified atom stereocenters. The van der Waals surface area contributed by atoms with E-state index in [4.69, 9.17) is 0 Å². The summed E-state index contributed by atoms with van der Waals surface area (Å²) in [6, 6.07) is 0.583. The molecule has 0 aromatic carbocycles. The first kappa shape index (κ1) is 14.9. The topological polar surface area (TPSA) is 33.1 Å². The van der Waals surface area contributed by atoms with Crippen LogP contribution in [0.2, 0.25) is 0 Å². The van der Waals surface area contributed by atoms with Crippen LogP contribution in [0.3, 0.4) is 0 Å². The van der Waals surface area contributed by atoms with E-state index >= 15 is 0 Å². The van der Waals surface area contributed by atoms with Crippen molar-refractivity contribution in [3.05, 3.63) is 24.5 Å². The van der Waals surface area contributed by atoms with Gasteiger partial charge in [0, 0.05) is 37.1 Å². The molecule has 4 nitrogen and oxygen atoms in total. The first-order valence-corrected chi connectivity index (χ1v) is 6.55. The zero-order chi connectivity index (χ0) is 13.5. The predicted octanol–water partition coefficient (Wildman–Crippen LogP) is 2.05. The standard InChI is InChI=1S/C14H26N4/c1-6-18-11-13(9-16-18)8-15-10-14(17(4)5)7-12(2)3/h6,9,11-12,14-15H,1,7-8,10H2,2-5H3. The second-order valence-corrected chi connectivity index (χ2v) is 5.39. The average Bonchev–Trinajstić information content (AvgIpc) is 2.75. The molecule has 18 heavy (non-hydrogen) atoms. The maximum absolute atomic E-state index is 4.16. The predicted molar refractivity (Wildman–Crippen MR) is 77.3 cm³/mol. The molecule has 0 spiro atoms. The van der Waals surface area contributed by atoms with E-state index in [1.54, 1.807) is 10.9 Å². The minimum atomic E-state index is 0.583. The van der Waals surface area contributed by atoms with Crippen LogP contribution in [0.15, 0.2) is 19.0 Å². The van der Waals surface area contributed by atoms with Gasteiger partial charge in [0.1, 0.15) is 0 Å². The summed E-state index contributed by atoms with van der Waals surface area (Å²) in [5.74, 6) is 0.725. The third-order valence-electron chi connectivity index (χ3n) is 3.02. The second-order valence-electron chi connectivity index (χ2n) is 5.39. The summed E-state index contributed by atoms with van der Waals surface area (Å²) in [4.78, 5) is 2.29. The molecule has 1 heterocycles. The second kappa shape index (κ2) is 7.34. The normalized spacial score (nSPS) is 13.2. The molecule has 4 heteroatoms. The summed E-state index contributed by atoms with van der Waals surface area (Å²) in [5.41, 5.74) is 1.19. The van der Waals surface area contributed by atoms with Crippen LogP contribution < -0.4 is 5.32 Å². The SMILES string of the molecule is C=Cn1cc(CNCC(CC(C)C)N(C)C)cn1. The van der Waals surface area contributed by atoms with Crippen LogP contribution >= 0.6 is 0 Å². The number of rotatable bonds is 8. The smallest absolute Gasteiger partial charge is 0.0538 e. The molecular weight excluding hydrogens is 224 g/mol. The van der Waals surface area contributed by atoms with Gasteiger partial charge in [0.05, 0.1) is 6.20 Å². The summed E-state index contributed by atoms with van der Waals surface area (Å²) in [6.45, 7) is 10.1. The van der Waals surface area contributed by atoms with Gasteiger partial charge in [-0.3, -0.25) is 0 Å². The van der Waals surface area contributed by atoms with Crippen LogP contribution in [0, 0.1) is 5.92 Å². The van der Waals surface area contributed by atoms with Gasteiger partial charge in [-0.25, -0.2) is 4.68 Å². The van der Waals surface area contributed by atoms with E-state index in [2.05, 4.69) is 49.8 Å². The van der Waals surface area contributed by atoms with Crippen molar-refractivity contribution in [2.45, 2.75) is 32.9 Å². The molecule has 1 rings (SSSR count). The van der Waals surface area contributed by atoms with Crippen molar-refractivity contribution in [1.82, 2.24) is 20.0 Å². The Morgan fingerprint density at radius 1 is 1.50 bits per heavy atom. The van der Waals surface area contributed by atoms with Crippen molar-refractivity contribution in [1.29, 1.82) is 0 Å². The van der Waals surface area contributed by atoms with Gasteiger partial charge < -0.3 is 10.2 Å². The highest BCUT2D eigenvalue weighted by molar-refractivity contribution is 5.17. The highest BCUT2D eigenvalue weighted by atomic mass is 15.2. The van der Waals surface area contributed by atoms with Crippen molar-refractivity contribution < 1.29 is 0 Å². The van der Waals surface area contributed by atoms with Gasteiger partial charge in [0.15, 0.2) is 0 Å². The molecule has 102 valence electrons. The summed E-state index contributed by atoms with van der Waals surface area (Å²) < 4.78 is 1.73. The molecule has 0 amide bonds. The number of aromatic nitrogens is 2. The highest BCUT2D eigenvalue weighted by Crippen LogP contribution is 2.08.